The number of carbonyl (C=O) groups excluding carboxylic acids is 1. The first-order valence-electron chi connectivity index (χ1n) is 4.86. The predicted octanol–water partition coefficient (Wildman–Crippen LogP) is 1.97. The largest absolute Gasteiger partial charge is 0.491 e. The Bertz CT molecular complexity index is 360. The minimum absolute atomic E-state index is 0.0250. The summed E-state index contributed by atoms with van der Waals surface area (Å²) < 4.78 is 5.56. The average molecular weight is 191 g/mol. The normalized spacial score (nSPS) is 15.1. The molecular formula is C11H13NO2. The van der Waals surface area contributed by atoms with E-state index in [2.05, 4.69) is 12.2 Å². The van der Waals surface area contributed by atoms with Crippen LogP contribution < -0.4 is 10.1 Å². The predicted molar refractivity (Wildman–Crippen MR) is 54.6 cm³/mol. The first-order valence-corrected chi connectivity index (χ1v) is 4.86. The zero-order valence-corrected chi connectivity index (χ0v) is 8.17. The van der Waals surface area contributed by atoms with Crippen molar-refractivity contribution in [3.05, 3.63) is 23.8 Å². The summed E-state index contributed by atoms with van der Waals surface area (Å²) in [6.45, 7) is 2.54. The van der Waals surface area contributed by atoms with Crippen molar-refractivity contribution in [2.45, 2.75) is 19.8 Å². The second-order valence-corrected chi connectivity index (χ2v) is 3.29. The first kappa shape index (κ1) is 9.06. The molecular weight excluding hydrogens is 178 g/mol. The molecule has 3 nitrogen and oxygen atoms in total. The first-order chi connectivity index (χ1) is 6.81. The summed E-state index contributed by atoms with van der Waals surface area (Å²) in [5, 5.41) is 2.83. The molecule has 3 heteroatoms. The zero-order chi connectivity index (χ0) is 9.97. The molecule has 0 spiro atoms. The maximum atomic E-state index is 11.3. The second kappa shape index (κ2) is 3.70. The molecule has 1 aliphatic rings. The molecule has 2 rings (SSSR count). The number of rotatable bonds is 1. The highest BCUT2D eigenvalue weighted by Gasteiger charge is 2.15. The van der Waals surface area contributed by atoms with Gasteiger partial charge in [0.1, 0.15) is 5.75 Å². The molecule has 0 fully saturated rings. The van der Waals surface area contributed by atoms with Gasteiger partial charge in [0.2, 0.25) is 5.91 Å². The maximum absolute atomic E-state index is 11.3. The third kappa shape index (κ3) is 1.58. The van der Waals surface area contributed by atoms with Crippen molar-refractivity contribution in [3.8, 4) is 5.75 Å². The number of amides is 1. The Kier molecular flexibility index (Phi) is 2.39. The van der Waals surface area contributed by atoms with Crippen LogP contribution in [0.1, 0.15) is 18.9 Å². The van der Waals surface area contributed by atoms with Crippen LogP contribution in [0.3, 0.4) is 0 Å². The van der Waals surface area contributed by atoms with Gasteiger partial charge in [0.25, 0.3) is 0 Å². The summed E-state index contributed by atoms with van der Waals surface area (Å²) in [5.74, 6) is 0.859. The molecule has 1 amide bonds. The van der Waals surface area contributed by atoms with Crippen LogP contribution in [0.25, 0.3) is 0 Å². The summed E-state index contributed by atoms with van der Waals surface area (Å²) >= 11 is 0. The zero-order valence-electron chi connectivity index (χ0n) is 8.17. The SMILES string of the molecule is CCc1cccc2c1OCCC(=O)N2. The molecule has 0 aliphatic carbocycles. The number of aryl methyl sites for hydroxylation is 1. The fourth-order valence-corrected chi connectivity index (χ4v) is 1.59. The number of anilines is 1. The van der Waals surface area contributed by atoms with Gasteiger partial charge in [0.05, 0.1) is 18.7 Å². The van der Waals surface area contributed by atoms with Gasteiger partial charge in [0, 0.05) is 0 Å². The van der Waals surface area contributed by atoms with Crippen LogP contribution in [0.15, 0.2) is 18.2 Å². The van der Waals surface area contributed by atoms with E-state index >= 15 is 0 Å². The van der Waals surface area contributed by atoms with Gasteiger partial charge in [-0.2, -0.15) is 0 Å². The van der Waals surface area contributed by atoms with Crippen molar-refractivity contribution in [2.24, 2.45) is 0 Å². The lowest BCUT2D eigenvalue weighted by atomic mass is 10.1. The van der Waals surface area contributed by atoms with E-state index < -0.39 is 0 Å². The lowest BCUT2D eigenvalue weighted by Gasteiger charge is -2.10. The van der Waals surface area contributed by atoms with Gasteiger partial charge in [-0.3, -0.25) is 4.79 Å². The van der Waals surface area contributed by atoms with Gasteiger partial charge in [-0.15, -0.1) is 0 Å². The molecule has 0 aromatic heterocycles. The summed E-state index contributed by atoms with van der Waals surface area (Å²) in [7, 11) is 0. The molecule has 1 heterocycles. The number of ether oxygens (including phenoxy) is 1. The van der Waals surface area contributed by atoms with E-state index in [1.165, 1.54) is 0 Å². The molecule has 1 N–H and O–H groups in total. The number of nitrogens with one attached hydrogen (secondary N) is 1. The number of benzene rings is 1. The summed E-state index contributed by atoms with van der Waals surface area (Å²) in [5.41, 5.74) is 1.94. The Morgan fingerprint density at radius 3 is 3.14 bits per heavy atom. The van der Waals surface area contributed by atoms with Gasteiger partial charge in [-0.05, 0) is 18.1 Å². The van der Waals surface area contributed by atoms with Gasteiger partial charge >= 0.3 is 0 Å². The van der Waals surface area contributed by atoms with Crippen LogP contribution in [0, 0.1) is 0 Å². The fourth-order valence-electron chi connectivity index (χ4n) is 1.59. The number of hydrogen-bond donors (Lipinski definition) is 1. The average Bonchev–Trinajstić information content (AvgIpc) is 2.37. The van der Waals surface area contributed by atoms with E-state index in [1.807, 2.05) is 18.2 Å². The summed E-state index contributed by atoms with van der Waals surface area (Å²) in [4.78, 5) is 11.3. The van der Waals surface area contributed by atoms with Crippen molar-refractivity contribution in [1.82, 2.24) is 0 Å². The molecule has 1 aromatic rings. The number of para-hydroxylation sites is 1. The summed E-state index contributed by atoms with van der Waals surface area (Å²) in [6, 6.07) is 5.83. The second-order valence-electron chi connectivity index (χ2n) is 3.29. The van der Waals surface area contributed by atoms with Gasteiger partial charge in [0.15, 0.2) is 0 Å². The third-order valence-electron chi connectivity index (χ3n) is 2.33. The van der Waals surface area contributed by atoms with Crippen LogP contribution in [-0.4, -0.2) is 12.5 Å². The standard InChI is InChI=1S/C11H13NO2/c1-2-8-4-3-5-9-11(8)14-7-6-10(13)12-9/h3-5H,2,6-7H2,1H3,(H,12,13). The van der Waals surface area contributed by atoms with Crippen LogP contribution in [0.5, 0.6) is 5.75 Å². The third-order valence-corrected chi connectivity index (χ3v) is 2.33. The lowest BCUT2D eigenvalue weighted by Crippen LogP contribution is -2.10. The van der Waals surface area contributed by atoms with E-state index in [-0.39, 0.29) is 5.91 Å². The molecule has 1 aliphatic heterocycles. The molecule has 0 unspecified atom stereocenters. The van der Waals surface area contributed by atoms with E-state index in [1.54, 1.807) is 0 Å². The Balaban J connectivity index is 2.43. The van der Waals surface area contributed by atoms with Gasteiger partial charge in [-0.25, -0.2) is 0 Å². The van der Waals surface area contributed by atoms with E-state index in [9.17, 15) is 4.79 Å². The molecule has 74 valence electrons. The van der Waals surface area contributed by atoms with Crippen molar-refractivity contribution >= 4 is 11.6 Å². The van der Waals surface area contributed by atoms with Crippen molar-refractivity contribution in [2.75, 3.05) is 11.9 Å². The molecule has 0 radical (unpaired) electrons. The maximum Gasteiger partial charge on any atom is 0.227 e. The number of carbonyl (C=O) groups is 1. The van der Waals surface area contributed by atoms with Crippen molar-refractivity contribution in [1.29, 1.82) is 0 Å². The van der Waals surface area contributed by atoms with E-state index in [0.717, 1.165) is 23.4 Å². The van der Waals surface area contributed by atoms with Crippen LogP contribution >= 0.6 is 0 Å². The highest BCUT2D eigenvalue weighted by atomic mass is 16.5. The molecule has 0 saturated heterocycles. The topological polar surface area (TPSA) is 38.3 Å². The van der Waals surface area contributed by atoms with Crippen LogP contribution in [0.2, 0.25) is 0 Å². The summed E-state index contributed by atoms with van der Waals surface area (Å²) in [6.07, 6.45) is 1.34. The quantitative estimate of drug-likeness (QED) is 0.737. The smallest absolute Gasteiger partial charge is 0.227 e. The van der Waals surface area contributed by atoms with Gasteiger partial charge < -0.3 is 10.1 Å². The fraction of sp³-hybridized carbons (Fsp3) is 0.364. The highest BCUT2D eigenvalue weighted by Crippen LogP contribution is 2.31. The Hall–Kier alpha value is -1.51. The molecule has 1 aromatic carbocycles. The minimum atomic E-state index is 0.0250. The Labute approximate surface area is 83.1 Å². The molecule has 0 saturated carbocycles. The van der Waals surface area contributed by atoms with Crippen LogP contribution in [-0.2, 0) is 11.2 Å². The Morgan fingerprint density at radius 2 is 2.36 bits per heavy atom. The monoisotopic (exact) mass is 191 g/mol. The molecule has 0 bridgehead atoms. The van der Waals surface area contributed by atoms with E-state index in [0.29, 0.717) is 13.0 Å². The van der Waals surface area contributed by atoms with Crippen molar-refractivity contribution < 1.29 is 9.53 Å². The van der Waals surface area contributed by atoms with E-state index in [4.69, 9.17) is 4.74 Å². The molecule has 0 atom stereocenters. The Morgan fingerprint density at radius 1 is 1.50 bits per heavy atom. The number of fused-ring (bicyclic) bond motifs is 1. The minimum Gasteiger partial charge on any atom is -0.491 e. The molecule has 14 heavy (non-hydrogen) atoms. The highest BCUT2D eigenvalue weighted by molar-refractivity contribution is 5.93. The van der Waals surface area contributed by atoms with Gasteiger partial charge in [-0.1, -0.05) is 19.1 Å². The lowest BCUT2D eigenvalue weighted by molar-refractivity contribution is -0.116. The van der Waals surface area contributed by atoms with Crippen molar-refractivity contribution in [3.63, 3.8) is 0 Å². The van der Waals surface area contributed by atoms with Crippen LogP contribution in [0.4, 0.5) is 5.69 Å². The number of hydrogen-bond acceptors (Lipinski definition) is 2.